The normalized spacial score (nSPS) is 24.5. The minimum atomic E-state index is 0.325. The third kappa shape index (κ3) is 2.75. The zero-order valence-electron chi connectivity index (χ0n) is 9.76. The molecule has 2 rings (SSSR count). The van der Waals surface area contributed by atoms with Crippen molar-refractivity contribution in [1.82, 2.24) is 0 Å². The van der Waals surface area contributed by atoms with Crippen LogP contribution in [-0.2, 0) is 9.47 Å². The maximum Gasteiger partial charge on any atom is 0.0973 e. The van der Waals surface area contributed by atoms with Crippen molar-refractivity contribution in [1.29, 1.82) is 0 Å². The van der Waals surface area contributed by atoms with Crippen LogP contribution in [0.1, 0.15) is 45.4 Å². The van der Waals surface area contributed by atoms with E-state index in [4.69, 9.17) is 9.47 Å². The number of allylic oxidation sites excluding steroid dienone is 1. The van der Waals surface area contributed by atoms with E-state index in [1.54, 1.807) is 0 Å². The van der Waals surface area contributed by atoms with E-state index in [1.165, 1.54) is 37.7 Å². The van der Waals surface area contributed by atoms with Gasteiger partial charge in [-0.15, -0.1) is 0 Å². The van der Waals surface area contributed by atoms with Crippen molar-refractivity contribution in [3.63, 3.8) is 0 Å². The lowest BCUT2D eigenvalue weighted by molar-refractivity contribution is -0.140. The topological polar surface area (TPSA) is 18.5 Å². The highest BCUT2D eigenvalue weighted by molar-refractivity contribution is 5.00. The summed E-state index contributed by atoms with van der Waals surface area (Å²) in [6.07, 6.45) is 9.76. The molecule has 0 bridgehead atoms. The van der Waals surface area contributed by atoms with Gasteiger partial charge in [-0.05, 0) is 37.7 Å². The zero-order chi connectivity index (χ0) is 10.6. The second-order valence-corrected chi connectivity index (χ2v) is 4.99. The van der Waals surface area contributed by atoms with Crippen molar-refractivity contribution >= 4 is 0 Å². The Morgan fingerprint density at radius 2 is 2.00 bits per heavy atom. The van der Waals surface area contributed by atoms with Crippen molar-refractivity contribution in [2.24, 2.45) is 5.41 Å². The fraction of sp³-hybridized carbons (Fsp3) is 0.846. The molecule has 86 valence electrons. The summed E-state index contributed by atoms with van der Waals surface area (Å²) in [4.78, 5) is 0. The third-order valence-electron chi connectivity index (χ3n) is 3.70. The number of ether oxygens (including phenoxy) is 2. The molecule has 2 aliphatic rings. The van der Waals surface area contributed by atoms with E-state index in [1.807, 2.05) is 6.26 Å². The Labute approximate surface area is 92.6 Å². The van der Waals surface area contributed by atoms with E-state index in [0.717, 1.165) is 26.2 Å². The van der Waals surface area contributed by atoms with Crippen molar-refractivity contribution < 1.29 is 9.47 Å². The van der Waals surface area contributed by atoms with E-state index in [2.05, 4.69) is 6.92 Å². The molecule has 1 heterocycles. The van der Waals surface area contributed by atoms with Gasteiger partial charge in [-0.1, -0.05) is 13.3 Å². The average molecular weight is 210 g/mol. The van der Waals surface area contributed by atoms with Gasteiger partial charge in [-0.3, -0.25) is 0 Å². The molecule has 2 nitrogen and oxygen atoms in total. The van der Waals surface area contributed by atoms with Crippen LogP contribution in [-0.4, -0.2) is 19.8 Å². The molecule has 1 saturated carbocycles. The first-order valence-corrected chi connectivity index (χ1v) is 6.22. The number of hydrogen-bond acceptors (Lipinski definition) is 2. The lowest BCUT2D eigenvalue weighted by Crippen LogP contribution is -2.45. The molecule has 1 aliphatic heterocycles. The molecule has 0 amide bonds. The average Bonchev–Trinajstić information content (AvgIpc) is 2.24. The van der Waals surface area contributed by atoms with Crippen LogP contribution < -0.4 is 0 Å². The maximum atomic E-state index is 5.73. The van der Waals surface area contributed by atoms with Gasteiger partial charge in [-0.25, -0.2) is 0 Å². The number of hydrogen-bond donors (Lipinski definition) is 0. The van der Waals surface area contributed by atoms with Crippen LogP contribution in [0.5, 0.6) is 0 Å². The van der Waals surface area contributed by atoms with Gasteiger partial charge in [0, 0.05) is 0 Å². The first-order valence-electron chi connectivity index (χ1n) is 6.22. The summed E-state index contributed by atoms with van der Waals surface area (Å²) in [6.45, 7) is 4.83. The SMILES string of the molecule is CCC1(COC=C2CCCCC2)COC1. The van der Waals surface area contributed by atoms with E-state index in [-0.39, 0.29) is 0 Å². The number of rotatable bonds is 4. The maximum absolute atomic E-state index is 5.73. The van der Waals surface area contributed by atoms with E-state index in [9.17, 15) is 0 Å². The third-order valence-corrected chi connectivity index (χ3v) is 3.70. The summed E-state index contributed by atoms with van der Waals surface area (Å²) in [5, 5.41) is 0. The van der Waals surface area contributed by atoms with E-state index < -0.39 is 0 Å². The molecule has 2 fully saturated rings. The van der Waals surface area contributed by atoms with Crippen molar-refractivity contribution in [3.05, 3.63) is 11.8 Å². The van der Waals surface area contributed by atoms with Crippen molar-refractivity contribution in [2.45, 2.75) is 45.4 Å². The summed E-state index contributed by atoms with van der Waals surface area (Å²) < 4.78 is 11.0. The molecule has 1 aliphatic carbocycles. The summed E-state index contributed by atoms with van der Waals surface area (Å²) >= 11 is 0. The molecule has 0 N–H and O–H groups in total. The van der Waals surface area contributed by atoms with Gasteiger partial charge < -0.3 is 9.47 Å². The minimum Gasteiger partial charge on any atom is -0.500 e. The summed E-state index contributed by atoms with van der Waals surface area (Å²) in [6, 6.07) is 0. The first kappa shape index (κ1) is 11.0. The lowest BCUT2D eigenvalue weighted by Gasteiger charge is -2.40. The predicted molar refractivity (Wildman–Crippen MR) is 60.7 cm³/mol. The standard InChI is InChI=1S/C13H22O2/c1-2-13(10-15-11-13)9-14-8-12-6-4-3-5-7-12/h8H,2-7,9-11H2,1H3. The van der Waals surface area contributed by atoms with Crippen LogP contribution in [0.15, 0.2) is 11.8 Å². The van der Waals surface area contributed by atoms with Crippen LogP contribution >= 0.6 is 0 Å². The van der Waals surface area contributed by atoms with Crippen LogP contribution in [0.3, 0.4) is 0 Å². The monoisotopic (exact) mass is 210 g/mol. The van der Waals surface area contributed by atoms with Gasteiger partial charge in [0.1, 0.15) is 0 Å². The fourth-order valence-corrected chi connectivity index (χ4v) is 2.24. The molecule has 15 heavy (non-hydrogen) atoms. The molecule has 0 aromatic rings. The van der Waals surface area contributed by atoms with Crippen LogP contribution in [0.25, 0.3) is 0 Å². The Morgan fingerprint density at radius 3 is 2.53 bits per heavy atom. The largest absolute Gasteiger partial charge is 0.500 e. The molecular weight excluding hydrogens is 188 g/mol. The minimum absolute atomic E-state index is 0.325. The Bertz CT molecular complexity index is 215. The van der Waals surface area contributed by atoms with E-state index in [0.29, 0.717) is 5.41 Å². The Hall–Kier alpha value is -0.500. The molecule has 0 aromatic carbocycles. The quantitative estimate of drug-likeness (QED) is 0.663. The Morgan fingerprint density at radius 1 is 1.27 bits per heavy atom. The predicted octanol–water partition coefficient (Wildman–Crippen LogP) is 3.28. The highest BCUT2D eigenvalue weighted by Crippen LogP contribution is 2.32. The molecular formula is C13H22O2. The first-order chi connectivity index (χ1) is 7.35. The highest BCUT2D eigenvalue weighted by atomic mass is 16.5. The zero-order valence-corrected chi connectivity index (χ0v) is 9.76. The second kappa shape index (κ2) is 5.02. The fourth-order valence-electron chi connectivity index (χ4n) is 2.24. The van der Waals surface area contributed by atoms with Gasteiger partial charge >= 0.3 is 0 Å². The van der Waals surface area contributed by atoms with Gasteiger partial charge in [0.2, 0.25) is 0 Å². The molecule has 0 radical (unpaired) electrons. The highest BCUT2D eigenvalue weighted by Gasteiger charge is 2.37. The molecule has 2 heteroatoms. The molecule has 1 saturated heterocycles. The molecule has 0 aromatic heterocycles. The van der Waals surface area contributed by atoms with Crippen LogP contribution in [0, 0.1) is 5.41 Å². The Balaban J connectivity index is 1.72. The van der Waals surface area contributed by atoms with Gasteiger partial charge in [0.05, 0.1) is 31.5 Å². The molecule has 0 atom stereocenters. The van der Waals surface area contributed by atoms with Gasteiger partial charge in [-0.2, -0.15) is 0 Å². The summed E-state index contributed by atoms with van der Waals surface area (Å²) in [7, 11) is 0. The van der Waals surface area contributed by atoms with Crippen LogP contribution in [0.2, 0.25) is 0 Å². The molecule has 0 unspecified atom stereocenters. The van der Waals surface area contributed by atoms with Gasteiger partial charge in [0.25, 0.3) is 0 Å². The second-order valence-electron chi connectivity index (χ2n) is 4.99. The van der Waals surface area contributed by atoms with Crippen molar-refractivity contribution in [3.8, 4) is 0 Å². The van der Waals surface area contributed by atoms with Crippen LogP contribution in [0.4, 0.5) is 0 Å². The van der Waals surface area contributed by atoms with Gasteiger partial charge in [0.15, 0.2) is 0 Å². The summed E-state index contributed by atoms with van der Waals surface area (Å²) in [5.74, 6) is 0. The smallest absolute Gasteiger partial charge is 0.0973 e. The molecule has 0 spiro atoms. The lowest BCUT2D eigenvalue weighted by atomic mass is 9.84. The van der Waals surface area contributed by atoms with Crippen molar-refractivity contribution in [2.75, 3.05) is 19.8 Å². The van der Waals surface area contributed by atoms with E-state index >= 15 is 0 Å². The Kier molecular flexibility index (Phi) is 3.68. The summed E-state index contributed by atoms with van der Waals surface area (Å²) in [5.41, 5.74) is 1.83.